The van der Waals surface area contributed by atoms with Crippen LogP contribution in [0.15, 0.2) is 62.8 Å². The minimum atomic E-state index is -1.37. The molecule has 0 amide bonds. The van der Waals surface area contributed by atoms with Crippen LogP contribution in [0.3, 0.4) is 0 Å². The summed E-state index contributed by atoms with van der Waals surface area (Å²) < 4.78 is 22.6. The van der Waals surface area contributed by atoms with E-state index < -0.39 is 12.0 Å². The number of hydrogen-bond donors (Lipinski definition) is 2. The first-order valence-corrected chi connectivity index (χ1v) is 13.1. The highest BCUT2D eigenvalue weighted by Gasteiger charge is 2.24. The van der Waals surface area contributed by atoms with Gasteiger partial charge in [-0.3, -0.25) is 0 Å². The molecule has 1 heterocycles. The standard InChI is InChI=1S/C26H31FIN3O2/c1-6-7-8-17(5)28-23(15(2)3)20-11-10-19(13-16(20)4)26-30-25(31-33-26)18-9-12-21(24(29)32)22(27)14-18/h6-7,9-10,12-15,20,24,32H,5,8,11,29H2,1-4H3/b7-6+/t20-,24-/m1/s1. The molecule has 7 heteroatoms. The number of halogens is 2. The van der Waals surface area contributed by atoms with Gasteiger partial charge in [-0.1, -0.05) is 88.3 Å². The fraction of sp³-hybridized carbons (Fsp3) is 0.346. The summed E-state index contributed by atoms with van der Waals surface area (Å²) in [6, 6.07) is 4.29. The summed E-state index contributed by atoms with van der Waals surface area (Å²) >= 11 is -0.229. The second-order valence-corrected chi connectivity index (χ2v) is 11.7. The lowest BCUT2D eigenvalue weighted by molar-refractivity contribution is 0.181. The van der Waals surface area contributed by atoms with Crippen molar-refractivity contribution in [3.05, 3.63) is 75.5 Å². The quantitative estimate of drug-likeness (QED) is 0.219. The topological polar surface area (TPSA) is 85.2 Å². The molecule has 33 heavy (non-hydrogen) atoms. The minimum absolute atomic E-state index is 0.0236. The molecule has 2 atom stereocenters. The molecule has 0 saturated heterocycles. The highest BCUT2D eigenvalue weighted by molar-refractivity contribution is 14.2. The molecule has 0 bridgehead atoms. The van der Waals surface area contributed by atoms with E-state index in [1.54, 1.807) is 9.58 Å². The number of hydrogen-bond acceptors (Lipinski definition) is 5. The summed E-state index contributed by atoms with van der Waals surface area (Å²) in [7, 11) is 0. The molecular formula is C26H31FIN3O2. The smallest absolute Gasteiger partial charge is 0.257 e. The fourth-order valence-corrected chi connectivity index (χ4v) is 6.79. The van der Waals surface area contributed by atoms with Crippen LogP contribution >= 0.6 is 20.7 Å². The molecule has 176 valence electrons. The van der Waals surface area contributed by atoms with Gasteiger partial charge >= 0.3 is 0 Å². The second kappa shape index (κ2) is 11.3. The SMILES string of the molecule is C=C(C/C=C/C)I=C(C(C)C)[C@@H]1CC=C(c2nc(-c3ccc([C@H](N)O)c(F)c3)no2)C=C1C. The van der Waals surface area contributed by atoms with Crippen molar-refractivity contribution in [2.75, 3.05) is 0 Å². The number of rotatable bonds is 8. The van der Waals surface area contributed by atoms with E-state index in [2.05, 4.69) is 61.8 Å². The predicted octanol–water partition coefficient (Wildman–Crippen LogP) is 6.45. The van der Waals surface area contributed by atoms with Gasteiger partial charge in [0.15, 0.2) is 0 Å². The van der Waals surface area contributed by atoms with Gasteiger partial charge in [-0.25, -0.2) is 4.39 Å². The van der Waals surface area contributed by atoms with E-state index in [9.17, 15) is 9.50 Å². The van der Waals surface area contributed by atoms with Gasteiger partial charge in [0.25, 0.3) is 5.89 Å². The molecule has 0 saturated carbocycles. The number of allylic oxidation sites excluding steroid dienone is 7. The third-order valence-electron chi connectivity index (χ3n) is 5.46. The van der Waals surface area contributed by atoms with Crippen molar-refractivity contribution in [1.29, 1.82) is 0 Å². The number of aliphatic hydroxyl groups is 1. The van der Waals surface area contributed by atoms with Crippen molar-refractivity contribution in [1.82, 2.24) is 10.1 Å². The van der Waals surface area contributed by atoms with Gasteiger partial charge in [0, 0.05) is 22.6 Å². The molecule has 0 spiro atoms. The molecule has 3 N–H and O–H groups in total. The molecular weight excluding hydrogens is 532 g/mol. The highest BCUT2D eigenvalue weighted by atomic mass is 127. The Hall–Kier alpha value is -2.23. The predicted molar refractivity (Wildman–Crippen MR) is 141 cm³/mol. The van der Waals surface area contributed by atoms with E-state index in [-0.39, 0.29) is 32.1 Å². The second-order valence-electron chi connectivity index (χ2n) is 8.36. The van der Waals surface area contributed by atoms with Crippen LogP contribution in [-0.2, 0) is 0 Å². The van der Waals surface area contributed by atoms with Crippen LogP contribution < -0.4 is 5.73 Å². The summed E-state index contributed by atoms with van der Waals surface area (Å²) in [6.45, 7) is 13.0. The molecule has 1 aromatic heterocycles. The van der Waals surface area contributed by atoms with Gasteiger partial charge < -0.3 is 15.4 Å². The third kappa shape index (κ3) is 6.22. The van der Waals surface area contributed by atoms with E-state index in [1.807, 2.05) is 6.92 Å². The van der Waals surface area contributed by atoms with Gasteiger partial charge in [0.1, 0.15) is 12.0 Å². The minimum Gasteiger partial charge on any atom is -0.374 e. The first kappa shape index (κ1) is 25.4. The Morgan fingerprint density at radius 2 is 2.18 bits per heavy atom. The van der Waals surface area contributed by atoms with Crippen molar-refractivity contribution in [3.63, 3.8) is 0 Å². The monoisotopic (exact) mass is 563 g/mol. The number of aliphatic hydroxyl groups excluding tert-OH is 1. The van der Waals surface area contributed by atoms with E-state index in [4.69, 9.17) is 10.3 Å². The molecule has 1 aliphatic rings. The third-order valence-corrected chi connectivity index (χ3v) is 9.28. The number of nitrogens with two attached hydrogens (primary N) is 1. The maximum atomic E-state index is 14.2. The molecule has 3 rings (SSSR count). The van der Waals surface area contributed by atoms with Gasteiger partial charge in [-0.15, -0.1) is 0 Å². The largest absolute Gasteiger partial charge is 0.374 e. The fourth-order valence-electron chi connectivity index (χ4n) is 3.69. The van der Waals surface area contributed by atoms with Gasteiger partial charge in [0.05, 0.1) is 0 Å². The Balaban J connectivity index is 1.81. The Kier molecular flexibility index (Phi) is 8.67. The first-order valence-electron chi connectivity index (χ1n) is 11.0. The van der Waals surface area contributed by atoms with Crippen molar-refractivity contribution < 1.29 is 14.0 Å². The van der Waals surface area contributed by atoms with Crippen LogP contribution in [-0.4, -0.2) is 18.8 Å². The lowest BCUT2D eigenvalue weighted by Crippen LogP contribution is -2.21. The van der Waals surface area contributed by atoms with Crippen LogP contribution in [0, 0.1) is 17.7 Å². The molecule has 1 aromatic carbocycles. The van der Waals surface area contributed by atoms with E-state index in [1.165, 1.54) is 21.3 Å². The van der Waals surface area contributed by atoms with Crippen molar-refractivity contribution >= 4 is 29.8 Å². The molecule has 5 nitrogen and oxygen atoms in total. The zero-order valence-electron chi connectivity index (χ0n) is 19.5. The van der Waals surface area contributed by atoms with Crippen LogP contribution in [0.5, 0.6) is 0 Å². The average Bonchev–Trinajstić information content (AvgIpc) is 3.26. The molecule has 2 aromatic rings. The van der Waals surface area contributed by atoms with E-state index >= 15 is 0 Å². The maximum absolute atomic E-state index is 14.2. The van der Waals surface area contributed by atoms with Gasteiger partial charge in [-0.2, -0.15) is 4.98 Å². The van der Waals surface area contributed by atoms with Gasteiger partial charge in [-0.05, 0) is 45.8 Å². The van der Waals surface area contributed by atoms with Gasteiger partial charge in [0.2, 0.25) is 5.82 Å². The normalized spacial score (nSPS) is 18.2. The van der Waals surface area contributed by atoms with E-state index in [0.29, 0.717) is 23.3 Å². The van der Waals surface area contributed by atoms with Crippen LogP contribution in [0.4, 0.5) is 4.39 Å². The zero-order valence-corrected chi connectivity index (χ0v) is 21.6. The maximum Gasteiger partial charge on any atom is 0.257 e. The van der Waals surface area contributed by atoms with Crippen molar-refractivity contribution in [3.8, 4) is 11.4 Å². The summed E-state index contributed by atoms with van der Waals surface area (Å²) in [5, 5.41) is 13.4. The highest BCUT2D eigenvalue weighted by Crippen LogP contribution is 2.36. The van der Waals surface area contributed by atoms with Crippen LogP contribution in [0.2, 0.25) is 0 Å². The zero-order chi connectivity index (χ0) is 24.1. The van der Waals surface area contributed by atoms with Crippen LogP contribution in [0.25, 0.3) is 17.0 Å². The lowest BCUT2D eigenvalue weighted by atomic mass is 9.83. The number of aromatic nitrogens is 2. The summed E-state index contributed by atoms with van der Waals surface area (Å²) in [5.74, 6) is 0.987. The number of nitrogens with zero attached hydrogens (tertiary/aromatic N) is 2. The Morgan fingerprint density at radius 1 is 1.42 bits per heavy atom. The average molecular weight is 563 g/mol. The first-order chi connectivity index (χ1) is 15.7. The molecule has 0 fully saturated rings. The lowest BCUT2D eigenvalue weighted by Gasteiger charge is -2.26. The Bertz CT molecular complexity index is 1140. The van der Waals surface area contributed by atoms with Crippen LogP contribution in [0.1, 0.15) is 58.2 Å². The molecule has 1 aliphatic carbocycles. The molecule has 0 aliphatic heterocycles. The molecule has 0 radical (unpaired) electrons. The van der Waals surface area contributed by atoms with Crippen molar-refractivity contribution in [2.45, 2.75) is 46.8 Å². The summed E-state index contributed by atoms with van der Waals surface area (Å²) in [6.07, 6.45) is 8.97. The summed E-state index contributed by atoms with van der Waals surface area (Å²) in [4.78, 5) is 4.47. The summed E-state index contributed by atoms with van der Waals surface area (Å²) in [5.41, 5.74) is 8.00. The Morgan fingerprint density at radius 3 is 2.79 bits per heavy atom. The van der Waals surface area contributed by atoms with E-state index in [0.717, 1.165) is 18.4 Å². The number of benzene rings is 1. The molecule has 0 unspecified atom stereocenters. The Labute approximate surface area is 204 Å². The van der Waals surface area contributed by atoms with Crippen molar-refractivity contribution in [2.24, 2.45) is 17.6 Å².